The van der Waals surface area contributed by atoms with Crippen molar-refractivity contribution in [3.63, 3.8) is 0 Å². The van der Waals surface area contributed by atoms with Gasteiger partial charge >= 0.3 is 10.1 Å². The van der Waals surface area contributed by atoms with E-state index in [1.165, 1.54) is 24.3 Å². The van der Waals surface area contributed by atoms with Crippen molar-refractivity contribution in [2.24, 2.45) is 0 Å². The molecule has 0 atom stereocenters. The molecular formula is C23H18N2O4S. The van der Waals surface area contributed by atoms with Crippen molar-refractivity contribution < 1.29 is 17.4 Å². The lowest BCUT2D eigenvalue weighted by molar-refractivity contribution is -0.112. The van der Waals surface area contributed by atoms with Crippen molar-refractivity contribution in [1.82, 2.24) is 0 Å². The summed E-state index contributed by atoms with van der Waals surface area (Å²) in [4.78, 5) is 12.6. The van der Waals surface area contributed by atoms with Gasteiger partial charge in [-0.25, -0.2) is 0 Å². The molecule has 7 heteroatoms. The van der Waals surface area contributed by atoms with Crippen LogP contribution in [0.25, 0.3) is 6.08 Å². The first-order valence-corrected chi connectivity index (χ1v) is 10.4. The lowest BCUT2D eigenvalue weighted by Gasteiger charge is -2.10. The Hall–Kier alpha value is -3.89. The van der Waals surface area contributed by atoms with Crippen LogP contribution in [0.3, 0.4) is 0 Å². The molecule has 0 aliphatic heterocycles. The summed E-state index contributed by atoms with van der Waals surface area (Å²) in [5, 5.41) is 12.2. The van der Waals surface area contributed by atoms with Crippen LogP contribution in [0, 0.1) is 18.3 Å². The highest BCUT2D eigenvalue weighted by molar-refractivity contribution is 7.87. The van der Waals surface area contributed by atoms with E-state index in [4.69, 9.17) is 4.18 Å². The van der Waals surface area contributed by atoms with Crippen LogP contribution in [0.15, 0.2) is 89.3 Å². The van der Waals surface area contributed by atoms with Gasteiger partial charge in [-0.3, -0.25) is 4.79 Å². The topological polar surface area (TPSA) is 96.3 Å². The lowest BCUT2D eigenvalue weighted by Crippen LogP contribution is -2.14. The fraction of sp³-hybridized carbons (Fsp3) is 0.0435. The van der Waals surface area contributed by atoms with Crippen molar-refractivity contribution in [3.05, 3.63) is 95.6 Å². The van der Waals surface area contributed by atoms with Gasteiger partial charge in [-0.05, 0) is 42.8 Å². The van der Waals surface area contributed by atoms with Crippen molar-refractivity contribution in [1.29, 1.82) is 5.26 Å². The number of nitrogens with zero attached hydrogens (tertiary/aromatic N) is 1. The molecule has 0 aliphatic rings. The van der Waals surface area contributed by atoms with E-state index in [0.29, 0.717) is 5.69 Å². The maximum Gasteiger partial charge on any atom is 0.339 e. The molecule has 3 aromatic carbocycles. The van der Waals surface area contributed by atoms with Gasteiger partial charge < -0.3 is 9.50 Å². The number of hydrogen-bond acceptors (Lipinski definition) is 5. The minimum absolute atomic E-state index is 0.00147. The van der Waals surface area contributed by atoms with E-state index in [0.717, 1.165) is 5.56 Å². The first-order chi connectivity index (χ1) is 14.4. The minimum Gasteiger partial charge on any atom is -0.378 e. The molecular weight excluding hydrogens is 400 g/mol. The molecule has 0 spiro atoms. The molecule has 0 bridgehead atoms. The molecule has 3 aromatic rings. The maximum atomic E-state index is 12.6. The van der Waals surface area contributed by atoms with Gasteiger partial charge in [0.1, 0.15) is 22.3 Å². The zero-order valence-electron chi connectivity index (χ0n) is 16.1. The molecule has 0 fully saturated rings. The molecule has 1 amide bonds. The van der Waals surface area contributed by atoms with E-state index in [1.54, 1.807) is 48.5 Å². The van der Waals surface area contributed by atoms with E-state index >= 15 is 0 Å². The molecule has 3 rings (SSSR count). The van der Waals surface area contributed by atoms with Gasteiger partial charge in [0.25, 0.3) is 5.91 Å². The second kappa shape index (κ2) is 9.07. The van der Waals surface area contributed by atoms with Crippen molar-refractivity contribution in [2.45, 2.75) is 11.8 Å². The van der Waals surface area contributed by atoms with Crippen LogP contribution in [0.5, 0.6) is 5.75 Å². The van der Waals surface area contributed by atoms with Gasteiger partial charge in [-0.2, -0.15) is 13.7 Å². The van der Waals surface area contributed by atoms with Crippen LogP contribution >= 0.6 is 0 Å². The standard InChI is InChI=1S/C23H18N2O4S/c1-17-9-5-7-13-21(17)25-23(26)19(16-24)15-18-10-6-8-14-22(18)29-30(27,28)20-11-3-2-4-12-20/h2-15H,1H3,(H,25,26). The summed E-state index contributed by atoms with van der Waals surface area (Å²) in [5.74, 6) is -0.592. The maximum absolute atomic E-state index is 12.6. The monoisotopic (exact) mass is 418 g/mol. The first-order valence-electron chi connectivity index (χ1n) is 8.98. The molecule has 0 aliphatic carbocycles. The van der Waals surface area contributed by atoms with Crippen molar-refractivity contribution in [2.75, 3.05) is 5.32 Å². The SMILES string of the molecule is Cc1ccccc1NC(=O)C(C#N)=Cc1ccccc1OS(=O)(=O)c1ccccc1. The largest absolute Gasteiger partial charge is 0.378 e. The molecule has 0 aromatic heterocycles. The van der Waals surface area contributed by atoms with E-state index < -0.39 is 16.0 Å². The predicted molar refractivity (Wildman–Crippen MR) is 114 cm³/mol. The molecule has 0 saturated heterocycles. The predicted octanol–water partition coefficient (Wildman–Crippen LogP) is 4.31. The molecule has 0 radical (unpaired) electrons. The number of carbonyl (C=O) groups excluding carboxylic acids is 1. The molecule has 150 valence electrons. The average molecular weight is 418 g/mol. The Morgan fingerprint density at radius 1 is 0.967 bits per heavy atom. The van der Waals surface area contributed by atoms with Crippen LogP contribution in [0.4, 0.5) is 5.69 Å². The number of nitriles is 1. The van der Waals surface area contributed by atoms with Gasteiger partial charge in [0.2, 0.25) is 0 Å². The number of nitrogens with one attached hydrogen (secondary N) is 1. The fourth-order valence-corrected chi connectivity index (χ4v) is 3.61. The Balaban J connectivity index is 1.90. The van der Waals surface area contributed by atoms with Crippen LogP contribution in [-0.2, 0) is 14.9 Å². The Bertz CT molecular complexity index is 1240. The summed E-state index contributed by atoms with van der Waals surface area (Å²) in [6.07, 6.45) is 1.30. The van der Waals surface area contributed by atoms with Crippen molar-refractivity contribution >= 4 is 27.8 Å². The first kappa shape index (κ1) is 20.8. The fourth-order valence-electron chi connectivity index (χ4n) is 2.64. The third-order valence-electron chi connectivity index (χ3n) is 4.21. The third kappa shape index (κ3) is 4.93. The number of benzene rings is 3. The summed E-state index contributed by atoms with van der Waals surface area (Å²) in [5.41, 5.74) is 1.53. The minimum atomic E-state index is -4.07. The molecule has 0 heterocycles. The van der Waals surface area contributed by atoms with E-state index in [9.17, 15) is 18.5 Å². The molecule has 0 unspecified atom stereocenters. The molecule has 30 heavy (non-hydrogen) atoms. The third-order valence-corrected chi connectivity index (χ3v) is 5.46. The van der Waals surface area contributed by atoms with Gasteiger partial charge in [-0.15, -0.1) is 0 Å². The van der Waals surface area contributed by atoms with Gasteiger partial charge in [0.15, 0.2) is 0 Å². The highest BCUT2D eigenvalue weighted by Crippen LogP contribution is 2.25. The highest BCUT2D eigenvalue weighted by Gasteiger charge is 2.18. The molecule has 1 N–H and O–H groups in total. The highest BCUT2D eigenvalue weighted by atomic mass is 32.2. The van der Waals surface area contributed by atoms with E-state index in [-0.39, 0.29) is 21.8 Å². The van der Waals surface area contributed by atoms with E-state index in [2.05, 4.69) is 5.32 Å². The number of aryl methyl sites for hydroxylation is 1. The zero-order chi connectivity index (χ0) is 21.6. The van der Waals surface area contributed by atoms with Crippen LogP contribution in [0.1, 0.15) is 11.1 Å². The quantitative estimate of drug-likeness (QED) is 0.366. The second-order valence-electron chi connectivity index (χ2n) is 6.33. The average Bonchev–Trinajstić information content (AvgIpc) is 2.75. The molecule has 6 nitrogen and oxygen atoms in total. The van der Waals surface area contributed by atoms with Crippen LogP contribution in [-0.4, -0.2) is 14.3 Å². The van der Waals surface area contributed by atoms with Crippen molar-refractivity contribution in [3.8, 4) is 11.8 Å². The zero-order valence-corrected chi connectivity index (χ0v) is 16.9. The number of amides is 1. The normalized spacial score (nSPS) is 11.4. The summed E-state index contributed by atoms with van der Waals surface area (Å²) >= 11 is 0. The summed E-state index contributed by atoms with van der Waals surface area (Å²) in [7, 11) is -4.07. The number of anilines is 1. The smallest absolute Gasteiger partial charge is 0.339 e. The number of carbonyl (C=O) groups is 1. The Morgan fingerprint density at radius 3 is 2.30 bits per heavy atom. The Morgan fingerprint density at radius 2 is 1.60 bits per heavy atom. The van der Waals surface area contributed by atoms with E-state index in [1.807, 2.05) is 25.1 Å². The number of hydrogen-bond donors (Lipinski definition) is 1. The number of rotatable bonds is 6. The summed E-state index contributed by atoms with van der Waals surface area (Å²) < 4.78 is 30.3. The lowest BCUT2D eigenvalue weighted by atomic mass is 10.1. The van der Waals surface area contributed by atoms with Crippen LogP contribution < -0.4 is 9.50 Å². The van der Waals surface area contributed by atoms with Crippen LogP contribution in [0.2, 0.25) is 0 Å². The van der Waals surface area contributed by atoms with Gasteiger partial charge in [-0.1, -0.05) is 54.6 Å². The Kier molecular flexibility index (Phi) is 6.30. The second-order valence-corrected chi connectivity index (χ2v) is 7.87. The summed E-state index contributed by atoms with van der Waals surface area (Å²) in [6.45, 7) is 1.84. The van der Waals surface area contributed by atoms with Gasteiger partial charge in [0.05, 0.1) is 0 Å². The molecule has 0 saturated carbocycles. The Labute approximate surface area is 175 Å². The number of para-hydroxylation sites is 2. The summed E-state index contributed by atoms with van der Waals surface area (Å²) in [6, 6.07) is 23.0. The van der Waals surface area contributed by atoms with Gasteiger partial charge in [0, 0.05) is 11.3 Å².